The van der Waals surface area contributed by atoms with E-state index in [2.05, 4.69) is 35.9 Å². The predicted octanol–water partition coefficient (Wildman–Crippen LogP) is 1.81. The summed E-state index contributed by atoms with van der Waals surface area (Å²) in [6.45, 7) is 1.25. The summed E-state index contributed by atoms with van der Waals surface area (Å²) in [7, 11) is 0. The van der Waals surface area contributed by atoms with Gasteiger partial charge < -0.3 is 20.8 Å². The van der Waals surface area contributed by atoms with E-state index in [0.717, 1.165) is 38.2 Å². The molecular formula is C17H17BrClN6O4S2+. The van der Waals surface area contributed by atoms with Crippen LogP contribution in [0, 0.1) is 12.3 Å². The van der Waals surface area contributed by atoms with Crippen molar-refractivity contribution in [3.8, 4) is 0 Å². The second-order valence-corrected chi connectivity index (χ2v) is 9.31. The molecule has 10 nitrogen and oxygen atoms in total. The lowest BCUT2D eigenvalue weighted by molar-refractivity contribution is -0.628. The highest BCUT2D eigenvalue weighted by molar-refractivity contribution is 9.10. The Hall–Kier alpha value is -2.13. The first kappa shape index (κ1) is 23.5. The van der Waals surface area contributed by atoms with Gasteiger partial charge in [-0.3, -0.25) is 19.3 Å². The number of nitrogen functional groups attached to an aromatic ring is 1. The Morgan fingerprint density at radius 1 is 1.48 bits per heavy atom. The molecule has 0 aliphatic rings. The molecule has 164 valence electrons. The molecule has 0 saturated carbocycles. The van der Waals surface area contributed by atoms with Gasteiger partial charge in [0.25, 0.3) is 11.5 Å². The largest absolute Gasteiger partial charge is 0.387 e. The molecule has 2 aromatic heterocycles. The van der Waals surface area contributed by atoms with E-state index in [1.165, 1.54) is 6.20 Å². The molecule has 14 heteroatoms. The van der Waals surface area contributed by atoms with Crippen LogP contribution in [0.2, 0.25) is 5.02 Å². The first-order valence-electron chi connectivity index (χ1n) is 8.64. The fourth-order valence-corrected chi connectivity index (χ4v) is 4.59. The van der Waals surface area contributed by atoms with E-state index in [9.17, 15) is 14.7 Å². The van der Waals surface area contributed by atoms with Crippen LogP contribution in [0.25, 0.3) is 0 Å². The third-order valence-electron chi connectivity index (χ3n) is 4.05. The molecule has 2 heterocycles. The average Bonchev–Trinajstić information content (AvgIpc) is 3.35. The lowest BCUT2D eigenvalue weighted by Gasteiger charge is -2.10. The third-order valence-corrected chi connectivity index (χ3v) is 6.94. The van der Waals surface area contributed by atoms with Crippen LogP contribution in [0.15, 0.2) is 27.6 Å². The van der Waals surface area contributed by atoms with Crippen molar-refractivity contribution in [1.29, 1.82) is 5.41 Å². The van der Waals surface area contributed by atoms with Crippen LogP contribution in [-0.4, -0.2) is 44.1 Å². The molecule has 3 rings (SSSR count). The first-order chi connectivity index (χ1) is 14.7. The molecule has 0 fully saturated rings. The summed E-state index contributed by atoms with van der Waals surface area (Å²) in [6, 6.07) is 3.46. The Bertz CT molecular complexity index is 1190. The number of hydrogen-bond acceptors (Lipinski definition) is 9. The van der Waals surface area contributed by atoms with E-state index in [-0.39, 0.29) is 11.4 Å². The number of aliphatic hydroxyl groups excluding tert-OH is 2. The lowest BCUT2D eigenvalue weighted by atomic mass is 10.2. The van der Waals surface area contributed by atoms with Crippen LogP contribution in [0.4, 0.5) is 15.8 Å². The third kappa shape index (κ3) is 5.38. The van der Waals surface area contributed by atoms with E-state index in [4.69, 9.17) is 22.1 Å². The van der Waals surface area contributed by atoms with Crippen LogP contribution < -0.4 is 21.5 Å². The van der Waals surface area contributed by atoms with E-state index < -0.39 is 24.3 Å². The van der Waals surface area contributed by atoms with E-state index in [1.54, 1.807) is 12.1 Å². The monoisotopic (exact) mass is 547 g/mol. The first-order valence-corrected chi connectivity index (χ1v) is 11.4. The number of nitrogens with two attached hydrogens (primary N) is 1. The molecule has 0 aliphatic carbocycles. The number of benzene rings is 1. The topological polar surface area (TPSA) is 168 Å². The lowest BCUT2D eigenvalue weighted by Crippen LogP contribution is -2.94. The molecule has 8 N–H and O–H groups in total. The van der Waals surface area contributed by atoms with Gasteiger partial charge in [-0.2, -0.15) is 0 Å². The Balaban J connectivity index is 1.77. The van der Waals surface area contributed by atoms with Crippen LogP contribution in [0.5, 0.6) is 0 Å². The highest BCUT2D eigenvalue weighted by Gasteiger charge is 2.23. The summed E-state index contributed by atoms with van der Waals surface area (Å²) in [5, 5.41) is 34.2. The number of nitrogens with one attached hydrogen (secondary N) is 4. The normalized spacial score (nSPS) is 11.9. The zero-order valence-corrected chi connectivity index (χ0v) is 19.8. The number of amidine groups is 1. The van der Waals surface area contributed by atoms with Crippen molar-refractivity contribution in [2.24, 2.45) is 0 Å². The van der Waals surface area contributed by atoms with Crippen molar-refractivity contribution in [2.45, 2.75) is 13.2 Å². The number of hydrogen-bond donors (Lipinski definition) is 7. The zero-order chi connectivity index (χ0) is 22.7. The maximum absolute atomic E-state index is 12.6. The maximum Gasteiger partial charge on any atom is 0.275 e. The Labute approximate surface area is 197 Å². The van der Waals surface area contributed by atoms with Crippen LogP contribution in [0.3, 0.4) is 0 Å². The minimum atomic E-state index is -1.26. The van der Waals surface area contributed by atoms with E-state index in [1.807, 2.05) is 6.92 Å². The number of amides is 1. The second kappa shape index (κ2) is 9.99. The van der Waals surface area contributed by atoms with Gasteiger partial charge in [-0.05, 0) is 36.2 Å². The molecule has 1 unspecified atom stereocenters. The molecule has 31 heavy (non-hydrogen) atoms. The summed E-state index contributed by atoms with van der Waals surface area (Å²) in [4.78, 5) is 29.2. The SMILES string of the molecule is Cc1c(Br)ccc(Cl)c1NC(=O)c1cnc(Nc2s[nH]c(=O)c2C(=N)[NH2+]C(O)CO)s1. The fraction of sp³-hybridized carbons (Fsp3) is 0.176. The zero-order valence-electron chi connectivity index (χ0n) is 15.8. The highest BCUT2D eigenvalue weighted by atomic mass is 79.9. The highest BCUT2D eigenvalue weighted by Crippen LogP contribution is 2.32. The molecule has 1 atom stereocenters. The van der Waals surface area contributed by atoms with E-state index >= 15 is 0 Å². The van der Waals surface area contributed by atoms with Crippen molar-refractivity contribution in [1.82, 2.24) is 9.36 Å². The Morgan fingerprint density at radius 2 is 2.23 bits per heavy atom. The number of nitrogens with zero attached hydrogens (tertiary/aromatic N) is 1. The van der Waals surface area contributed by atoms with Crippen molar-refractivity contribution in [3.05, 3.63) is 54.2 Å². The summed E-state index contributed by atoms with van der Waals surface area (Å²) < 4.78 is 3.31. The smallest absolute Gasteiger partial charge is 0.275 e. The minimum Gasteiger partial charge on any atom is -0.387 e. The van der Waals surface area contributed by atoms with Gasteiger partial charge in [0.05, 0.1) is 16.9 Å². The van der Waals surface area contributed by atoms with Gasteiger partial charge in [-0.1, -0.05) is 38.9 Å². The summed E-state index contributed by atoms with van der Waals surface area (Å²) >= 11 is 11.6. The Kier molecular flexibility index (Phi) is 7.59. The van der Waals surface area contributed by atoms with Crippen molar-refractivity contribution in [3.63, 3.8) is 0 Å². The molecule has 0 bridgehead atoms. The molecule has 0 spiro atoms. The van der Waals surface area contributed by atoms with Crippen LogP contribution in [0.1, 0.15) is 20.8 Å². The molecule has 1 aromatic carbocycles. The average molecular weight is 549 g/mol. The molecule has 1 amide bonds. The molecule has 0 saturated heterocycles. The van der Waals surface area contributed by atoms with Gasteiger partial charge in [-0.25, -0.2) is 10.4 Å². The van der Waals surface area contributed by atoms with Crippen molar-refractivity contribution < 1.29 is 20.3 Å². The number of thiazole rings is 1. The number of aliphatic hydroxyl groups is 2. The fourth-order valence-electron chi connectivity index (χ4n) is 2.48. The van der Waals surface area contributed by atoms with Gasteiger partial charge in [0.15, 0.2) is 10.7 Å². The number of H-pyrrole nitrogens is 1. The summed E-state index contributed by atoms with van der Waals surface area (Å²) in [5.41, 5.74) is 0.746. The number of aromatic nitrogens is 2. The van der Waals surface area contributed by atoms with Gasteiger partial charge in [0.1, 0.15) is 16.5 Å². The second-order valence-electron chi connectivity index (χ2n) is 6.21. The Morgan fingerprint density at radius 3 is 2.94 bits per heavy atom. The number of carbonyl (C=O) groups excluding carboxylic acids is 1. The maximum atomic E-state index is 12.6. The van der Waals surface area contributed by atoms with Crippen molar-refractivity contribution >= 4 is 78.0 Å². The molecule has 0 radical (unpaired) electrons. The quantitative estimate of drug-likeness (QED) is 0.135. The van der Waals surface area contributed by atoms with Crippen LogP contribution >= 0.6 is 50.4 Å². The molecule has 0 aliphatic heterocycles. The summed E-state index contributed by atoms with van der Waals surface area (Å²) in [6.07, 6.45) is 0.120. The number of carbonyl (C=O) groups is 1. The molecular weight excluding hydrogens is 532 g/mol. The number of halogens is 2. The van der Waals surface area contributed by atoms with Crippen molar-refractivity contribution in [2.75, 3.05) is 17.2 Å². The van der Waals surface area contributed by atoms with Gasteiger partial charge >= 0.3 is 0 Å². The minimum absolute atomic E-state index is 0.00440. The van der Waals surface area contributed by atoms with Gasteiger partial charge in [-0.15, -0.1) is 0 Å². The number of quaternary nitrogens is 1. The van der Waals surface area contributed by atoms with E-state index in [0.29, 0.717) is 25.7 Å². The standard InChI is InChI=1S/C17H16BrClN6O4S2/c1-6-7(18)2-3-8(19)12(6)23-14(28)9-4-21-17(30-9)24-16-11(15(29)25-31-16)13(20)22-10(27)5-26/h2-4,10,26-27H,5H2,1H3,(H2,20,22)(H,21,24)(H,23,28)(H,25,29)/p+1. The number of anilines is 3. The molecule has 3 aromatic rings. The number of rotatable bonds is 7. The van der Waals surface area contributed by atoms with Gasteiger partial charge in [0.2, 0.25) is 12.1 Å². The summed E-state index contributed by atoms with van der Waals surface area (Å²) in [5.74, 6) is -0.649. The number of aromatic amines is 1. The van der Waals surface area contributed by atoms with Gasteiger partial charge in [0, 0.05) is 4.47 Å². The van der Waals surface area contributed by atoms with Crippen LogP contribution in [-0.2, 0) is 0 Å². The predicted molar refractivity (Wildman–Crippen MR) is 124 cm³/mol.